The highest BCUT2D eigenvalue weighted by molar-refractivity contribution is 6.28. The number of anilines is 2. The first-order valence-electron chi connectivity index (χ1n) is 6.21. The second kappa shape index (κ2) is 6.89. The molecule has 2 N–H and O–H groups in total. The fourth-order valence-electron chi connectivity index (χ4n) is 1.63. The molecule has 0 atom stereocenters. The number of halogens is 1. The maximum absolute atomic E-state index is 5.84. The Kier molecular flexibility index (Phi) is 4.92. The van der Waals surface area contributed by atoms with Crippen LogP contribution in [-0.4, -0.2) is 28.0 Å². The lowest BCUT2D eigenvalue weighted by Gasteiger charge is -2.07. The van der Waals surface area contributed by atoms with Gasteiger partial charge in [0.25, 0.3) is 0 Å². The minimum atomic E-state index is 0.188. The largest absolute Gasteiger partial charge is 0.354 e. The van der Waals surface area contributed by atoms with Gasteiger partial charge in [0.15, 0.2) is 0 Å². The zero-order valence-electron chi connectivity index (χ0n) is 10.7. The zero-order chi connectivity index (χ0) is 13.5. The van der Waals surface area contributed by atoms with Crippen LogP contribution < -0.4 is 10.6 Å². The van der Waals surface area contributed by atoms with Gasteiger partial charge < -0.3 is 10.6 Å². The number of rotatable bonds is 6. The van der Waals surface area contributed by atoms with E-state index in [2.05, 4.69) is 37.7 Å². The van der Waals surface area contributed by atoms with E-state index in [1.54, 1.807) is 0 Å². The lowest BCUT2D eigenvalue weighted by atomic mass is 10.1. The average Bonchev–Trinajstić information content (AvgIpc) is 2.40. The van der Waals surface area contributed by atoms with Crippen LogP contribution in [-0.2, 0) is 6.42 Å². The molecule has 0 saturated heterocycles. The van der Waals surface area contributed by atoms with Crippen LogP contribution in [0.2, 0.25) is 5.28 Å². The van der Waals surface area contributed by atoms with Crippen LogP contribution in [0, 0.1) is 0 Å². The first-order chi connectivity index (χ1) is 9.28. The molecule has 1 aromatic heterocycles. The molecule has 100 valence electrons. The number of hydrogen-bond acceptors (Lipinski definition) is 5. The van der Waals surface area contributed by atoms with E-state index in [4.69, 9.17) is 11.6 Å². The highest BCUT2D eigenvalue weighted by Gasteiger charge is 2.03. The Hall–Kier alpha value is -1.88. The normalized spacial score (nSPS) is 10.2. The van der Waals surface area contributed by atoms with E-state index in [1.165, 1.54) is 5.56 Å². The lowest BCUT2D eigenvalue weighted by molar-refractivity contribution is 0.957. The molecular weight excluding hydrogens is 262 g/mol. The van der Waals surface area contributed by atoms with Crippen molar-refractivity contribution in [2.24, 2.45) is 0 Å². The molecule has 0 amide bonds. The van der Waals surface area contributed by atoms with Crippen LogP contribution in [0.4, 0.5) is 11.9 Å². The quantitative estimate of drug-likeness (QED) is 0.850. The molecule has 2 aromatic rings. The van der Waals surface area contributed by atoms with E-state index < -0.39 is 0 Å². The van der Waals surface area contributed by atoms with Crippen molar-refractivity contribution >= 4 is 23.5 Å². The zero-order valence-corrected chi connectivity index (χ0v) is 11.5. The Labute approximate surface area is 117 Å². The fourth-order valence-corrected chi connectivity index (χ4v) is 1.79. The average molecular weight is 278 g/mol. The Morgan fingerprint density at radius 2 is 1.68 bits per heavy atom. The Bertz CT molecular complexity index is 518. The maximum Gasteiger partial charge on any atom is 0.228 e. The summed E-state index contributed by atoms with van der Waals surface area (Å²) < 4.78 is 0. The molecule has 0 bridgehead atoms. The van der Waals surface area contributed by atoms with E-state index in [0.717, 1.165) is 19.5 Å². The molecule has 0 radical (unpaired) electrons. The summed E-state index contributed by atoms with van der Waals surface area (Å²) in [7, 11) is 0. The third kappa shape index (κ3) is 4.37. The molecule has 1 heterocycles. The van der Waals surface area contributed by atoms with Crippen LogP contribution in [0.1, 0.15) is 12.5 Å². The molecule has 1 aromatic carbocycles. The molecule has 5 nitrogen and oxygen atoms in total. The second-order valence-electron chi connectivity index (χ2n) is 3.94. The van der Waals surface area contributed by atoms with Crippen molar-refractivity contribution in [2.75, 3.05) is 23.7 Å². The van der Waals surface area contributed by atoms with E-state index in [0.29, 0.717) is 11.9 Å². The van der Waals surface area contributed by atoms with Gasteiger partial charge in [0.1, 0.15) is 0 Å². The predicted octanol–water partition coefficient (Wildman–Crippen LogP) is 2.61. The monoisotopic (exact) mass is 277 g/mol. The van der Waals surface area contributed by atoms with E-state index >= 15 is 0 Å². The first kappa shape index (κ1) is 13.5. The molecule has 19 heavy (non-hydrogen) atoms. The van der Waals surface area contributed by atoms with Gasteiger partial charge >= 0.3 is 0 Å². The molecule has 0 aliphatic carbocycles. The first-order valence-corrected chi connectivity index (χ1v) is 6.59. The van der Waals surface area contributed by atoms with Gasteiger partial charge in [0, 0.05) is 13.1 Å². The van der Waals surface area contributed by atoms with Gasteiger partial charge in [0.05, 0.1) is 0 Å². The predicted molar refractivity (Wildman–Crippen MR) is 77.6 cm³/mol. The minimum absolute atomic E-state index is 0.188. The van der Waals surface area contributed by atoms with Crippen LogP contribution in [0.25, 0.3) is 0 Å². The van der Waals surface area contributed by atoms with E-state index in [-0.39, 0.29) is 5.28 Å². The van der Waals surface area contributed by atoms with E-state index in [1.807, 2.05) is 25.1 Å². The highest BCUT2D eigenvalue weighted by atomic mass is 35.5. The standard InChI is InChI=1S/C13H16ClN5/c1-2-15-12-17-11(14)18-13(19-12)16-9-8-10-6-4-3-5-7-10/h3-7H,2,8-9H2,1H3,(H2,15,16,17,18,19). The molecule has 0 spiro atoms. The van der Waals surface area contributed by atoms with Crippen molar-refractivity contribution in [3.63, 3.8) is 0 Å². The molecule has 6 heteroatoms. The van der Waals surface area contributed by atoms with Crippen molar-refractivity contribution in [3.05, 3.63) is 41.2 Å². The van der Waals surface area contributed by atoms with Gasteiger partial charge in [-0.2, -0.15) is 15.0 Å². The van der Waals surface area contributed by atoms with Gasteiger partial charge in [-0.15, -0.1) is 0 Å². The third-order valence-corrected chi connectivity index (χ3v) is 2.65. The summed E-state index contributed by atoms with van der Waals surface area (Å²) in [6.07, 6.45) is 0.903. The molecule has 0 aliphatic rings. The smallest absolute Gasteiger partial charge is 0.228 e. The molecule has 0 saturated carbocycles. The van der Waals surface area contributed by atoms with Crippen molar-refractivity contribution in [1.82, 2.24) is 15.0 Å². The highest BCUT2D eigenvalue weighted by Crippen LogP contribution is 2.09. The molecule has 0 aliphatic heterocycles. The van der Waals surface area contributed by atoms with Gasteiger partial charge in [-0.05, 0) is 30.5 Å². The van der Waals surface area contributed by atoms with Crippen molar-refractivity contribution < 1.29 is 0 Å². The molecule has 0 unspecified atom stereocenters. The number of hydrogen-bond donors (Lipinski definition) is 2. The Morgan fingerprint density at radius 3 is 2.37 bits per heavy atom. The van der Waals surface area contributed by atoms with Crippen molar-refractivity contribution in [3.8, 4) is 0 Å². The summed E-state index contributed by atoms with van der Waals surface area (Å²) in [4.78, 5) is 12.2. The van der Waals surface area contributed by atoms with Crippen LogP contribution in [0.5, 0.6) is 0 Å². The summed E-state index contributed by atoms with van der Waals surface area (Å²) in [6.45, 7) is 3.46. The van der Waals surface area contributed by atoms with Gasteiger partial charge in [0.2, 0.25) is 17.2 Å². The van der Waals surface area contributed by atoms with Crippen LogP contribution >= 0.6 is 11.6 Å². The Morgan fingerprint density at radius 1 is 1.00 bits per heavy atom. The fraction of sp³-hybridized carbons (Fsp3) is 0.308. The SMILES string of the molecule is CCNc1nc(Cl)nc(NCCc2ccccc2)n1. The van der Waals surface area contributed by atoms with Gasteiger partial charge in [-0.1, -0.05) is 30.3 Å². The number of benzene rings is 1. The molecule has 0 fully saturated rings. The molecule has 2 rings (SSSR count). The lowest BCUT2D eigenvalue weighted by Crippen LogP contribution is -2.11. The number of nitrogens with one attached hydrogen (secondary N) is 2. The Balaban J connectivity index is 1.92. The summed E-state index contributed by atoms with van der Waals surface area (Å²) in [6, 6.07) is 10.2. The van der Waals surface area contributed by atoms with Crippen molar-refractivity contribution in [1.29, 1.82) is 0 Å². The van der Waals surface area contributed by atoms with Gasteiger partial charge in [-0.25, -0.2) is 0 Å². The number of nitrogens with zero attached hydrogens (tertiary/aromatic N) is 3. The summed E-state index contributed by atoms with van der Waals surface area (Å²) in [5, 5.41) is 6.34. The minimum Gasteiger partial charge on any atom is -0.354 e. The van der Waals surface area contributed by atoms with Gasteiger partial charge in [-0.3, -0.25) is 0 Å². The van der Waals surface area contributed by atoms with Crippen LogP contribution in [0.15, 0.2) is 30.3 Å². The van der Waals surface area contributed by atoms with E-state index in [9.17, 15) is 0 Å². The topological polar surface area (TPSA) is 62.7 Å². The third-order valence-electron chi connectivity index (χ3n) is 2.48. The number of aromatic nitrogens is 3. The summed E-state index contributed by atoms with van der Waals surface area (Å²) >= 11 is 5.84. The molecular formula is C13H16ClN5. The second-order valence-corrected chi connectivity index (χ2v) is 4.28. The summed E-state index contributed by atoms with van der Waals surface area (Å²) in [5.41, 5.74) is 1.27. The maximum atomic E-state index is 5.84. The van der Waals surface area contributed by atoms with Crippen molar-refractivity contribution in [2.45, 2.75) is 13.3 Å². The summed E-state index contributed by atoms with van der Waals surface area (Å²) in [5.74, 6) is 0.983. The van der Waals surface area contributed by atoms with Crippen LogP contribution in [0.3, 0.4) is 0 Å².